The molecule has 0 fully saturated rings. The quantitative estimate of drug-likeness (QED) is 0.733. The van der Waals surface area contributed by atoms with Gasteiger partial charge in [-0.25, -0.2) is 19.0 Å². The van der Waals surface area contributed by atoms with E-state index < -0.39 is 11.9 Å². The van der Waals surface area contributed by atoms with Gasteiger partial charge in [0.15, 0.2) is 0 Å². The number of benzene rings is 2. The predicted molar refractivity (Wildman–Crippen MR) is 84.9 cm³/mol. The lowest BCUT2D eigenvalue weighted by molar-refractivity contribution is -0.121. The third kappa shape index (κ3) is 5.68. The van der Waals surface area contributed by atoms with E-state index in [9.17, 15) is 18.4 Å². The van der Waals surface area contributed by atoms with Crippen LogP contribution in [-0.2, 0) is 17.6 Å². The first-order valence-electron chi connectivity index (χ1n) is 7.35. The summed E-state index contributed by atoms with van der Waals surface area (Å²) in [5, 5.41) is 2.50. The Labute approximate surface area is 138 Å². The lowest BCUT2D eigenvalue weighted by Gasteiger charge is -2.09. The van der Waals surface area contributed by atoms with Crippen molar-refractivity contribution in [1.82, 2.24) is 16.2 Å². The van der Waals surface area contributed by atoms with E-state index in [1.807, 2.05) is 0 Å². The molecule has 0 bridgehead atoms. The molecule has 0 atom stereocenters. The van der Waals surface area contributed by atoms with Crippen molar-refractivity contribution < 1.29 is 18.4 Å². The third-order valence-corrected chi connectivity index (χ3v) is 3.23. The standard InChI is InChI=1S/C17H17F2N3O2/c18-14-7-5-12(6-8-14)11-16(23)21-22-17(24)20-10-9-13-3-1-2-4-15(13)19/h1-8H,9-11H2,(H,21,23)(H2,20,22,24). The van der Waals surface area contributed by atoms with Crippen LogP contribution in [0.2, 0.25) is 0 Å². The maximum Gasteiger partial charge on any atom is 0.333 e. The lowest BCUT2D eigenvalue weighted by Crippen LogP contribution is -2.47. The molecule has 3 amide bonds. The molecule has 0 spiro atoms. The third-order valence-electron chi connectivity index (χ3n) is 3.23. The van der Waals surface area contributed by atoms with E-state index in [4.69, 9.17) is 0 Å². The molecule has 126 valence electrons. The number of hydrogen-bond acceptors (Lipinski definition) is 2. The maximum absolute atomic E-state index is 13.4. The number of rotatable bonds is 5. The minimum absolute atomic E-state index is 0.00971. The molecule has 0 radical (unpaired) electrons. The number of amides is 3. The predicted octanol–water partition coefficient (Wildman–Crippen LogP) is 2.08. The number of nitrogens with one attached hydrogen (secondary N) is 3. The van der Waals surface area contributed by atoms with Gasteiger partial charge in [-0.1, -0.05) is 30.3 Å². The van der Waals surface area contributed by atoms with Crippen molar-refractivity contribution in [2.75, 3.05) is 6.54 Å². The fourth-order valence-corrected chi connectivity index (χ4v) is 2.01. The van der Waals surface area contributed by atoms with Crippen LogP contribution in [0.3, 0.4) is 0 Å². The highest BCUT2D eigenvalue weighted by Crippen LogP contribution is 2.06. The van der Waals surface area contributed by atoms with Crippen LogP contribution in [0.25, 0.3) is 0 Å². The summed E-state index contributed by atoms with van der Waals surface area (Å²) in [7, 11) is 0. The van der Waals surface area contributed by atoms with E-state index in [0.717, 1.165) is 0 Å². The first-order valence-corrected chi connectivity index (χ1v) is 7.35. The summed E-state index contributed by atoms with van der Waals surface area (Å²) in [4.78, 5) is 23.2. The van der Waals surface area contributed by atoms with E-state index >= 15 is 0 Å². The molecule has 0 heterocycles. The Morgan fingerprint density at radius 3 is 2.33 bits per heavy atom. The molecule has 3 N–H and O–H groups in total. The minimum atomic E-state index is -0.598. The molecule has 0 saturated carbocycles. The summed E-state index contributed by atoms with van der Waals surface area (Å²) in [6.07, 6.45) is 0.347. The van der Waals surface area contributed by atoms with Gasteiger partial charge < -0.3 is 5.32 Å². The Balaban J connectivity index is 1.66. The van der Waals surface area contributed by atoms with Crippen LogP contribution in [0.4, 0.5) is 13.6 Å². The molecule has 2 aromatic carbocycles. The van der Waals surface area contributed by atoms with Gasteiger partial charge in [-0.15, -0.1) is 0 Å². The largest absolute Gasteiger partial charge is 0.336 e. The van der Waals surface area contributed by atoms with E-state index in [1.54, 1.807) is 18.2 Å². The SMILES string of the molecule is O=C(Cc1ccc(F)cc1)NNC(=O)NCCc1ccccc1F. The van der Waals surface area contributed by atoms with Crippen molar-refractivity contribution in [2.45, 2.75) is 12.8 Å². The fourth-order valence-electron chi connectivity index (χ4n) is 2.01. The van der Waals surface area contributed by atoms with Crippen molar-refractivity contribution >= 4 is 11.9 Å². The van der Waals surface area contributed by atoms with Gasteiger partial charge in [0.1, 0.15) is 11.6 Å². The molecular formula is C17H17F2N3O2. The molecule has 24 heavy (non-hydrogen) atoms. The second-order valence-electron chi connectivity index (χ2n) is 5.07. The number of hydrogen-bond donors (Lipinski definition) is 3. The Morgan fingerprint density at radius 1 is 0.917 bits per heavy atom. The average Bonchev–Trinajstić information content (AvgIpc) is 2.57. The summed E-state index contributed by atoms with van der Waals surface area (Å²) in [5.41, 5.74) is 5.55. The summed E-state index contributed by atoms with van der Waals surface area (Å²) < 4.78 is 26.1. The van der Waals surface area contributed by atoms with Crippen LogP contribution in [0.5, 0.6) is 0 Å². The zero-order valence-electron chi connectivity index (χ0n) is 12.8. The first kappa shape index (κ1) is 17.4. The summed E-state index contributed by atoms with van der Waals surface area (Å²) in [6, 6.07) is 11.2. The van der Waals surface area contributed by atoms with Crippen LogP contribution in [0.15, 0.2) is 48.5 Å². The number of carbonyl (C=O) groups is 2. The first-order chi connectivity index (χ1) is 11.5. The molecule has 0 unspecified atom stereocenters. The van der Waals surface area contributed by atoms with Crippen LogP contribution >= 0.6 is 0 Å². The van der Waals surface area contributed by atoms with E-state index in [1.165, 1.54) is 30.3 Å². The Hall–Kier alpha value is -2.96. The second kappa shape index (κ2) is 8.61. The lowest BCUT2D eigenvalue weighted by atomic mass is 10.1. The van der Waals surface area contributed by atoms with Gasteiger partial charge in [-0.3, -0.25) is 10.2 Å². The summed E-state index contributed by atoms with van der Waals surface area (Å²) >= 11 is 0. The van der Waals surface area contributed by atoms with Crippen molar-refractivity contribution in [3.63, 3.8) is 0 Å². The molecule has 2 rings (SSSR count). The normalized spacial score (nSPS) is 10.1. The molecule has 2 aromatic rings. The molecule has 0 aliphatic heterocycles. The topological polar surface area (TPSA) is 70.2 Å². The number of hydrazine groups is 1. The van der Waals surface area contributed by atoms with Crippen molar-refractivity contribution in [1.29, 1.82) is 0 Å². The Kier molecular flexibility index (Phi) is 6.24. The van der Waals surface area contributed by atoms with Crippen molar-refractivity contribution in [3.05, 3.63) is 71.3 Å². The molecule has 0 aromatic heterocycles. The van der Waals surface area contributed by atoms with Crippen LogP contribution in [-0.4, -0.2) is 18.5 Å². The zero-order chi connectivity index (χ0) is 17.4. The molecule has 0 aliphatic carbocycles. The highest BCUT2D eigenvalue weighted by Gasteiger charge is 2.06. The summed E-state index contributed by atoms with van der Waals surface area (Å²) in [6.45, 7) is 0.223. The summed E-state index contributed by atoms with van der Waals surface area (Å²) in [5.74, 6) is -1.15. The minimum Gasteiger partial charge on any atom is -0.336 e. The van der Waals surface area contributed by atoms with Crippen molar-refractivity contribution in [3.8, 4) is 0 Å². The van der Waals surface area contributed by atoms with Crippen LogP contribution in [0, 0.1) is 11.6 Å². The monoisotopic (exact) mass is 333 g/mol. The van der Waals surface area contributed by atoms with Gasteiger partial charge in [-0.05, 0) is 35.7 Å². The van der Waals surface area contributed by atoms with Gasteiger partial charge in [-0.2, -0.15) is 0 Å². The molecule has 5 nitrogen and oxygen atoms in total. The van der Waals surface area contributed by atoms with Crippen LogP contribution < -0.4 is 16.2 Å². The molecule has 0 saturated heterocycles. The smallest absolute Gasteiger partial charge is 0.333 e. The number of halogens is 2. The van der Waals surface area contributed by atoms with E-state index in [0.29, 0.717) is 17.5 Å². The highest BCUT2D eigenvalue weighted by atomic mass is 19.1. The van der Waals surface area contributed by atoms with Gasteiger partial charge in [0.2, 0.25) is 5.91 Å². The highest BCUT2D eigenvalue weighted by molar-refractivity contribution is 5.82. The van der Waals surface area contributed by atoms with Gasteiger partial charge in [0.05, 0.1) is 6.42 Å². The number of urea groups is 1. The second-order valence-corrected chi connectivity index (χ2v) is 5.07. The fraction of sp³-hybridized carbons (Fsp3) is 0.176. The zero-order valence-corrected chi connectivity index (χ0v) is 12.8. The van der Waals surface area contributed by atoms with Crippen LogP contribution in [0.1, 0.15) is 11.1 Å². The van der Waals surface area contributed by atoms with E-state index in [-0.39, 0.29) is 24.6 Å². The van der Waals surface area contributed by atoms with Gasteiger partial charge >= 0.3 is 6.03 Å². The average molecular weight is 333 g/mol. The van der Waals surface area contributed by atoms with Gasteiger partial charge in [0.25, 0.3) is 0 Å². The maximum atomic E-state index is 13.4. The van der Waals surface area contributed by atoms with Gasteiger partial charge in [0, 0.05) is 6.54 Å². The molecular weight excluding hydrogens is 316 g/mol. The molecule has 0 aliphatic rings. The van der Waals surface area contributed by atoms with E-state index in [2.05, 4.69) is 16.2 Å². The number of carbonyl (C=O) groups excluding carboxylic acids is 2. The Bertz CT molecular complexity index is 705. The molecule has 7 heteroatoms. The van der Waals surface area contributed by atoms with Crippen molar-refractivity contribution in [2.24, 2.45) is 0 Å². The Morgan fingerprint density at radius 2 is 1.62 bits per heavy atom.